The van der Waals surface area contributed by atoms with E-state index >= 15 is 0 Å². The van der Waals surface area contributed by atoms with Crippen molar-refractivity contribution in [2.45, 2.75) is 13.3 Å². The summed E-state index contributed by atoms with van der Waals surface area (Å²) in [7, 11) is 0. The van der Waals surface area contributed by atoms with Crippen LogP contribution in [0.3, 0.4) is 0 Å². The summed E-state index contributed by atoms with van der Waals surface area (Å²) in [5.41, 5.74) is 1.25. The summed E-state index contributed by atoms with van der Waals surface area (Å²) in [6.07, 6.45) is 0.440. The third kappa shape index (κ3) is 2.50. The van der Waals surface area contributed by atoms with E-state index in [1.165, 1.54) is 0 Å². The minimum absolute atomic E-state index is 0.00734. The van der Waals surface area contributed by atoms with Crippen LogP contribution in [0.5, 0.6) is 11.5 Å². The van der Waals surface area contributed by atoms with Gasteiger partial charge in [0.25, 0.3) is 0 Å². The summed E-state index contributed by atoms with van der Waals surface area (Å²) in [6.45, 7) is 2.21. The van der Waals surface area contributed by atoms with Gasteiger partial charge >= 0.3 is 5.97 Å². The molecule has 1 aliphatic heterocycles. The van der Waals surface area contributed by atoms with E-state index in [4.69, 9.17) is 19.3 Å². The lowest BCUT2D eigenvalue weighted by atomic mass is 10.1. The number of fused-ring (bicyclic) bond motifs is 1. The van der Waals surface area contributed by atoms with Gasteiger partial charge in [-0.05, 0) is 24.6 Å². The van der Waals surface area contributed by atoms with Gasteiger partial charge in [-0.25, -0.2) is 4.79 Å². The van der Waals surface area contributed by atoms with Crippen LogP contribution in [0.15, 0.2) is 12.1 Å². The normalized spacial score (nSPS) is 12.6. The quantitative estimate of drug-likeness (QED) is 0.632. The Morgan fingerprint density at radius 3 is 2.82 bits per heavy atom. The lowest BCUT2D eigenvalue weighted by Crippen LogP contribution is -2.09. The van der Waals surface area contributed by atoms with Gasteiger partial charge < -0.3 is 19.3 Å². The van der Waals surface area contributed by atoms with Crippen molar-refractivity contribution in [3.63, 3.8) is 0 Å². The Hall–Kier alpha value is -1.75. The zero-order valence-electron chi connectivity index (χ0n) is 9.56. The van der Waals surface area contributed by atoms with Crippen LogP contribution in [0.1, 0.15) is 22.3 Å². The van der Waals surface area contributed by atoms with Crippen LogP contribution >= 0.6 is 0 Å². The van der Waals surface area contributed by atoms with Gasteiger partial charge in [0, 0.05) is 13.0 Å². The molecule has 0 spiro atoms. The monoisotopic (exact) mass is 238 g/mol. The van der Waals surface area contributed by atoms with Crippen LogP contribution in [0.25, 0.3) is 0 Å². The molecule has 1 aliphatic rings. The first-order valence-electron chi connectivity index (χ1n) is 5.40. The average Bonchev–Trinajstić information content (AvgIpc) is 2.75. The summed E-state index contributed by atoms with van der Waals surface area (Å²) in [4.78, 5) is 11.7. The van der Waals surface area contributed by atoms with Crippen molar-refractivity contribution in [3.05, 3.63) is 23.3 Å². The van der Waals surface area contributed by atoms with Crippen LogP contribution in [0, 0.1) is 6.92 Å². The van der Waals surface area contributed by atoms with Gasteiger partial charge in [0.05, 0.1) is 12.2 Å². The molecule has 0 radical (unpaired) electrons. The van der Waals surface area contributed by atoms with E-state index in [0.717, 1.165) is 5.56 Å². The number of rotatable bonds is 4. The maximum absolute atomic E-state index is 11.7. The standard InChI is InChI=1S/C12H14O5/c1-8-5-10-11(17-7-16-10)6-9(8)12(14)15-4-2-3-13/h5-6,13H,2-4,7H2,1H3. The molecule has 5 heteroatoms. The zero-order chi connectivity index (χ0) is 12.3. The molecule has 92 valence electrons. The topological polar surface area (TPSA) is 65.0 Å². The molecule has 0 amide bonds. The minimum atomic E-state index is -0.408. The van der Waals surface area contributed by atoms with Gasteiger partial charge in [0.2, 0.25) is 6.79 Å². The molecule has 0 aliphatic carbocycles. The minimum Gasteiger partial charge on any atom is -0.462 e. The predicted molar refractivity (Wildman–Crippen MR) is 59.3 cm³/mol. The largest absolute Gasteiger partial charge is 0.462 e. The van der Waals surface area contributed by atoms with Crippen molar-refractivity contribution in [2.24, 2.45) is 0 Å². The molecule has 2 rings (SSSR count). The molecule has 17 heavy (non-hydrogen) atoms. The molecule has 1 aromatic carbocycles. The number of hydrogen-bond donors (Lipinski definition) is 1. The van der Waals surface area contributed by atoms with Crippen molar-refractivity contribution in [3.8, 4) is 11.5 Å². The fraction of sp³-hybridized carbons (Fsp3) is 0.417. The number of carbonyl (C=O) groups excluding carboxylic acids is 1. The second-order valence-corrected chi connectivity index (χ2v) is 3.73. The number of esters is 1. The van der Waals surface area contributed by atoms with Crippen molar-refractivity contribution in [1.82, 2.24) is 0 Å². The Kier molecular flexibility index (Phi) is 3.49. The van der Waals surface area contributed by atoms with E-state index in [9.17, 15) is 4.79 Å². The molecule has 1 heterocycles. The number of ether oxygens (including phenoxy) is 3. The Balaban J connectivity index is 2.12. The van der Waals surface area contributed by atoms with E-state index in [-0.39, 0.29) is 20.0 Å². The summed E-state index contributed by atoms with van der Waals surface area (Å²) in [6, 6.07) is 3.38. The third-order valence-corrected chi connectivity index (χ3v) is 2.48. The van der Waals surface area contributed by atoms with E-state index < -0.39 is 5.97 Å². The molecule has 0 unspecified atom stereocenters. The van der Waals surface area contributed by atoms with Crippen molar-refractivity contribution in [2.75, 3.05) is 20.0 Å². The molecule has 0 saturated carbocycles. The first kappa shape index (κ1) is 11.7. The smallest absolute Gasteiger partial charge is 0.338 e. The van der Waals surface area contributed by atoms with E-state index in [1.807, 2.05) is 6.92 Å². The number of carbonyl (C=O) groups is 1. The van der Waals surface area contributed by atoms with Gasteiger partial charge in [0.15, 0.2) is 11.5 Å². The molecule has 0 aromatic heterocycles. The van der Waals surface area contributed by atoms with Crippen LogP contribution in [-0.4, -0.2) is 31.1 Å². The highest BCUT2D eigenvalue weighted by atomic mass is 16.7. The fourth-order valence-corrected chi connectivity index (χ4v) is 1.57. The molecular weight excluding hydrogens is 224 g/mol. The zero-order valence-corrected chi connectivity index (χ0v) is 9.56. The maximum Gasteiger partial charge on any atom is 0.338 e. The molecule has 0 saturated heterocycles. The maximum atomic E-state index is 11.7. The summed E-state index contributed by atoms with van der Waals surface area (Å²) in [5, 5.41) is 8.60. The summed E-state index contributed by atoms with van der Waals surface area (Å²) >= 11 is 0. The molecule has 0 atom stereocenters. The first-order chi connectivity index (χ1) is 8.22. The number of aliphatic hydroxyl groups excluding tert-OH is 1. The number of hydrogen-bond acceptors (Lipinski definition) is 5. The Morgan fingerprint density at radius 1 is 1.41 bits per heavy atom. The fourth-order valence-electron chi connectivity index (χ4n) is 1.57. The Morgan fingerprint density at radius 2 is 2.12 bits per heavy atom. The highest BCUT2D eigenvalue weighted by Crippen LogP contribution is 2.34. The average molecular weight is 238 g/mol. The lowest BCUT2D eigenvalue weighted by Gasteiger charge is -2.07. The van der Waals surface area contributed by atoms with Gasteiger partial charge in [-0.2, -0.15) is 0 Å². The highest BCUT2D eigenvalue weighted by Gasteiger charge is 2.19. The second-order valence-electron chi connectivity index (χ2n) is 3.73. The second kappa shape index (κ2) is 5.05. The van der Waals surface area contributed by atoms with E-state index in [2.05, 4.69) is 0 Å². The Bertz CT molecular complexity index is 427. The molecule has 1 aromatic rings. The van der Waals surface area contributed by atoms with Gasteiger partial charge in [-0.1, -0.05) is 0 Å². The molecular formula is C12H14O5. The van der Waals surface area contributed by atoms with Crippen molar-refractivity contribution < 1.29 is 24.1 Å². The number of aryl methyl sites for hydroxylation is 1. The van der Waals surface area contributed by atoms with E-state index in [1.54, 1.807) is 12.1 Å². The Labute approximate surface area is 98.9 Å². The highest BCUT2D eigenvalue weighted by molar-refractivity contribution is 5.92. The first-order valence-corrected chi connectivity index (χ1v) is 5.40. The molecule has 0 fully saturated rings. The summed E-state index contributed by atoms with van der Waals surface area (Å²) < 4.78 is 15.4. The SMILES string of the molecule is Cc1cc2c(cc1C(=O)OCCCO)OCO2. The number of benzene rings is 1. The summed E-state index contributed by atoms with van der Waals surface area (Å²) in [5.74, 6) is 0.799. The third-order valence-electron chi connectivity index (χ3n) is 2.48. The van der Waals surface area contributed by atoms with Crippen molar-refractivity contribution in [1.29, 1.82) is 0 Å². The van der Waals surface area contributed by atoms with Crippen LogP contribution in [0.2, 0.25) is 0 Å². The molecule has 1 N–H and O–H groups in total. The predicted octanol–water partition coefficient (Wildman–Crippen LogP) is 1.26. The van der Waals surface area contributed by atoms with Crippen LogP contribution < -0.4 is 9.47 Å². The van der Waals surface area contributed by atoms with Gasteiger partial charge in [0.1, 0.15) is 0 Å². The van der Waals surface area contributed by atoms with Gasteiger partial charge in [-0.15, -0.1) is 0 Å². The van der Waals surface area contributed by atoms with Crippen LogP contribution in [-0.2, 0) is 4.74 Å². The number of aliphatic hydroxyl groups is 1. The molecule has 0 bridgehead atoms. The van der Waals surface area contributed by atoms with Crippen molar-refractivity contribution >= 4 is 5.97 Å². The van der Waals surface area contributed by atoms with E-state index in [0.29, 0.717) is 23.5 Å². The molecule has 5 nitrogen and oxygen atoms in total. The van der Waals surface area contributed by atoms with Crippen LogP contribution in [0.4, 0.5) is 0 Å². The lowest BCUT2D eigenvalue weighted by molar-refractivity contribution is 0.0481. The van der Waals surface area contributed by atoms with Gasteiger partial charge in [-0.3, -0.25) is 0 Å².